The van der Waals surface area contributed by atoms with E-state index >= 15 is 0 Å². The highest BCUT2D eigenvalue weighted by molar-refractivity contribution is 7.92. The number of rotatable bonds is 13. The van der Waals surface area contributed by atoms with E-state index in [1.54, 1.807) is 54.6 Å². The maximum absolute atomic E-state index is 14.1. The summed E-state index contributed by atoms with van der Waals surface area (Å²) in [4.78, 5) is 29.0. The molecule has 0 fully saturated rings. The molecule has 41 heavy (non-hydrogen) atoms. The predicted octanol–water partition coefficient (Wildman–Crippen LogP) is 6.38. The lowest BCUT2D eigenvalue weighted by atomic mass is 10.0. The van der Waals surface area contributed by atoms with E-state index in [2.05, 4.69) is 19.2 Å². The second-order valence-electron chi connectivity index (χ2n) is 10.5. The van der Waals surface area contributed by atoms with Gasteiger partial charge in [-0.25, -0.2) is 8.42 Å². The number of hydrogen-bond acceptors (Lipinski definition) is 4. The van der Waals surface area contributed by atoms with Gasteiger partial charge in [-0.05, 0) is 73.2 Å². The number of carbonyl (C=O) groups is 2. The lowest BCUT2D eigenvalue weighted by molar-refractivity contribution is -0.140. The molecular formula is C32H40ClN3O4S. The normalized spacial score (nSPS) is 13.0. The third-order valence-electron chi connectivity index (χ3n) is 7.11. The van der Waals surface area contributed by atoms with E-state index in [1.165, 1.54) is 17.0 Å². The maximum Gasteiger partial charge on any atom is 0.264 e. The van der Waals surface area contributed by atoms with Gasteiger partial charge >= 0.3 is 0 Å². The van der Waals surface area contributed by atoms with Gasteiger partial charge in [0.2, 0.25) is 11.8 Å². The van der Waals surface area contributed by atoms with Gasteiger partial charge in [0.15, 0.2) is 0 Å². The van der Waals surface area contributed by atoms with Crippen LogP contribution in [0, 0.1) is 0 Å². The molecule has 2 atom stereocenters. The number of nitrogens with one attached hydrogen (secondary N) is 1. The molecule has 0 radical (unpaired) electrons. The van der Waals surface area contributed by atoms with Crippen LogP contribution in [-0.4, -0.2) is 43.8 Å². The maximum atomic E-state index is 14.1. The third-order valence-corrected chi connectivity index (χ3v) is 9.15. The van der Waals surface area contributed by atoms with Crippen LogP contribution in [0.5, 0.6) is 0 Å². The molecule has 0 spiro atoms. The number of halogens is 1. The van der Waals surface area contributed by atoms with Crippen molar-refractivity contribution >= 4 is 39.1 Å². The van der Waals surface area contributed by atoms with Crippen molar-refractivity contribution < 1.29 is 18.0 Å². The molecule has 3 aromatic rings. The fraction of sp³-hybridized carbons (Fsp3) is 0.375. The number of anilines is 1. The van der Waals surface area contributed by atoms with Crippen LogP contribution in [-0.2, 0) is 26.2 Å². The first-order valence-corrected chi connectivity index (χ1v) is 15.8. The smallest absolute Gasteiger partial charge is 0.264 e. The highest BCUT2D eigenvalue weighted by atomic mass is 35.5. The van der Waals surface area contributed by atoms with E-state index in [1.807, 2.05) is 32.9 Å². The number of amides is 2. The highest BCUT2D eigenvalue weighted by Gasteiger charge is 2.34. The third kappa shape index (κ3) is 8.33. The van der Waals surface area contributed by atoms with E-state index in [0.717, 1.165) is 21.9 Å². The molecule has 1 N–H and O–H groups in total. The Balaban J connectivity index is 2.05. The van der Waals surface area contributed by atoms with Gasteiger partial charge in [0.05, 0.1) is 10.6 Å². The average Bonchev–Trinajstić information content (AvgIpc) is 2.97. The molecule has 220 valence electrons. The van der Waals surface area contributed by atoms with Gasteiger partial charge < -0.3 is 10.2 Å². The van der Waals surface area contributed by atoms with Gasteiger partial charge in [0.25, 0.3) is 10.0 Å². The van der Waals surface area contributed by atoms with Gasteiger partial charge in [-0.15, -0.1) is 0 Å². The Hall–Kier alpha value is -3.36. The van der Waals surface area contributed by atoms with Crippen molar-refractivity contribution in [3.63, 3.8) is 0 Å². The summed E-state index contributed by atoms with van der Waals surface area (Å²) in [5.41, 5.74) is 2.20. The first-order chi connectivity index (χ1) is 19.5. The molecule has 0 aliphatic rings. The van der Waals surface area contributed by atoms with E-state index in [4.69, 9.17) is 11.6 Å². The zero-order valence-electron chi connectivity index (χ0n) is 24.4. The summed E-state index contributed by atoms with van der Waals surface area (Å²) in [6.45, 7) is 9.48. The summed E-state index contributed by atoms with van der Waals surface area (Å²) in [7, 11) is -4.10. The number of benzene rings is 3. The summed E-state index contributed by atoms with van der Waals surface area (Å²) < 4.78 is 29.0. The molecule has 0 bridgehead atoms. The van der Waals surface area contributed by atoms with Gasteiger partial charge in [0, 0.05) is 17.6 Å². The summed E-state index contributed by atoms with van der Waals surface area (Å²) in [5, 5.41) is 3.54. The Morgan fingerprint density at radius 1 is 0.854 bits per heavy atom. The summed E-state index contributed by atoms with van der Waals surface area (Å²) in [6, 6.07) is 21.4. The Morgan fingerprint density at radius 2 is 1.46 bits per heavy atom. The molecule has 2 amide bonds. The van der Waals surface area contributed by atoms with Crippen LogP contribution in [0.3, 0.4) is 0 Å². The largest absolute Gasteiger partial charge is 0.352 e. The minimum absolute atomic E-state index is 0.0709. The van der Waals surface area contributed by atoms with E-state index < -0.39 is 28.5 Å². The summed E-state index contributed by atoms with van der Waals surface area (Å²) in [6.07, 6.45) is 1.10. The second-order valence-corrected chi connectivity index (χ2v) is 12.8. The first kappa shape index (κ1) is 32.2. The van der Waals surface area contributed by atoms with Crippen LogP contribution in [0.25, 0.3) is 0 Å². The molecule has 3 rings (SSSR count). The Morgan fingerprint density at radius 3 is 2.00 bits per heavy atom. The van der Waals surface area contributed by atoms with Gasteiger partial charge in [-0.2, -0.15) is 0 Å². The van der Waals surface area contributed by atoms with E-state index in [-0.39, 0.29) is 29.3 Å². The van der Waals surface area contributed by atoms with Crippen molar-refractivity contribution in [2.24, 2.45) is 0 Å². The van der Waals surface area contributed by atoms with Gasteiger partial charge in [-0.1, -0.05) is 81.8 Å². The van der Waals surface area contributed by atoms with Crippen LogP contribution < -0.4 is 9.62 Å². The van der Waals surface area contributed by atoms with Crippen molar-refractivity contribution in [3.8, 4) is 0 Å². The first-order valence-electron chi connectivity index (χ1n) is 14.0. The van der Waals surface area contributed by atoms with E-state index in [9.17, 15) is 18.0 Å². The molecule has 0 heterocycles. The van der Waals surface area contributed by atoms with Crippen LogP contribution in [0.15, 0.2) is 83.8 Å². The number of sulfonamides is 1. The fourth-order valence-corrected chi connectivity index (χ4v) is 5.98. The average molecular weight is 598 g/mol. The molecular weight excluding hydrogens is 558 g/mol. The monoisotopic (exact) mass is 597 g/mol. The Bertz CT molecular complexity index is 1400. The van der Waals surface area contributed by atoms with Gasteiger partial charge in [-0.3, -0.25) is 13.9 Å². The van der Waals surface area contributed by atoms with Crippen LogP contribution in [0.2, 0.25) is 5.02 Å². The molecule has 0 unspecified atom stereocenters. The lowest BCUT2D eigenvalue weighted by Gasteiger charge is -2.33. The highest BCUT2D eigenvalue weighted by Crippen LogP contribution is 2.27. The molecule has 0 aromatic heterocycles. The number of hydrogen-bond donors (Lipinski definition) is 1. The second kappa shape index (κ2) is 14.5. The zero-order chi connectivity index (χ0) is 30.2. The van der Waals surface area contributed by atoms with Crippen LogP contribution in [0.1, 0.15) is 64.5 Å². The molecule has 0 aliphatic carbocycles. The Kier molecular flexibility index (Phi) is 11.4. The number of nitrogens with zero attached hydrogens (tertiary/aromatic N) is 2. The molecule has 3 aromatic carbocycles. The van der Waals surface area contributed by atoms with Gasteiger partial charge in [0.1, 0.15) is 12.6 Å². The fourth-order valence-electron chi connectivity index (χ4n) is 4.42. The minimum atomic E-state index is -4.10. The molecule has 9 heteroatoms. The molecule has 0 saturated carbocycles. The zero-order valence-corrected chi connectivity index (χ0v) is 26.0. The van der Waals surface area contributed by atoms with Crippen molar-refractivity contribution in [2.45, 2.75) is 76.9 Å². The van der Waals surface area contributed by atoms with Crippen LogP contribution in [0.4, 0.5) is 5.69 Å². The van der Waals surface area contributed by atoms with E-state index in [0.29, 0.717) is 17.1 Å². The van der Waals surface area contributed by atoms with Crippen molar-refractivity contribution in [3.05, 3.63) is 95.0 Å². The van der Waals surface area contributed by atoms with Crippen LogP contribution >= 0.6 is 11.6 Å². The van der Waals surface area contributed by atoms with Crippen molar-refractivity contribution in [1.82, 2.24) is 10.2 Å². The quantitative estimate of drug-likeness (QED) is 0.248. The van der Waals surface area contributed by atoms with Crippen molar-refractivity contribution in [2.75, 3.05) is 10.8 Å². The summed E-state index contributed by atoms with van der Waals surface area (Å²) in [5.74, 6) is -0.504. The lowest BCUT2D eigenvalue weighted by Crippen LogP contribution is -2.53. The van der Waals surface area contributed by atoms with Crippen molar-refractivity contribution in [1.29, 1.82) is 0 Å². The number of carbonyl (C=O) groups excluding carboxylic acids is 2. The minimum Gasteiger partial charge on any atom is -0.352 e. The molecule has 7 nitrogen and oxygen atoms in total. The Labute approximate surface area is 249 Å². The molecule has 0 saturated heterocycles. The SMILES string of the molecule is CC[C@H](C)NC(=O)[C@H](CC)N(Cc1ccc(Cl)cc1)C(=O)CN(c1ccc(C(C)C)cc1)S(=O)(=O)c1ccccc1. The summed E-state index contributed by atoms with van der Waals surface area (Å²) >= 11 is 6.08. The predicted molar refractivity (Wildman–Crippen MR) is 165 cm³/mol. The topological polar surface area (TPSA) is 86.8 Å². The molecule has 0 aliphatic heterocycles. The standard InChI is InChI=1S/C32H40ClN3O4S/c1-6-24(5)34-32(38)30(7-2)35(21-25-13-17-27(33)18-14-25)31(37)22-36(28-19-15-26(16-20-28)23(3)4)41(39,40)29-11-9-8-10-12-29/h8-20,23-24,30H,6-7,21-22H2,1-5H3,(H,34,38)/t24-,30-/m0/s1.